The van der Waals surface area contributed by atoms with Crippen LogP contribution in [0.4, 0.5) is 4.39 Å². The molecule has 0 spiro atoms. The van der Waals surface area contributed by atoms with E-state index < -0.39 is 17.8 Å². The number of carboxylic acid groups (broad SMARTS) is 1. The van der Waals surface area contributed by atoms with Crippen molar-refractivity contribution in [2.75, 3.05) is 7.11 Å². The molecule has 0 bridgehead atoms. The molecule has 0 radical (unpaired) electrons. The Morgan fingerprint density at radius 3 is 2.46 bits per heavy atom. The number of methoxy groups -OCH3 is 1. The van der Waals surface area contributed by atoms with E-state index in [0.717, 1.165) is 5.56 Å². The zero-order valence-corrected chi connectivity index (χ0v) is 14.8. The summed E-state index contributed by atoms with van der Waals surface area (Å²) in [7, 11) is 1.38. The van der Waals surface area contributed by atoms with Crippen molar-refractivity contribution >= 4 is 11.9 Å². The molecule has 6 heteroatoms. The fourth-order valence-electron chi connectivity index (χ4n) is 2.65. The monoisotopic (exact) mass is 359 g/mol. The van der Waals surface area contributed by atoms with Crippen LogP contribution in [0.3, 0.4) is 0 Å². The molecule has 2 rings (SSSR count). The normalized spacial score (nSPS) is 11.7. The molecular formula is C20H22FNO4. The molecule has 0 aliphatic rings. The molecule has 5 nitrogen and oxygen atoms in total. The van der Waals surface area contributed by atoms with E-state index in [9.17, 15) is 19.1 Å². The Hall–Kier alpha value is -2.89. The van der Waals surface area contributed by atoms with Gasteiger partial charge in [-0.15, -0.1) is 0 Å². The lowest BCUT2D eigenvalue weighted by molar-refractivity contribution is -0.150. The fourth-order valence-corrected chi connectivity index (χ4v) is 2.65. The molecule has 2 aromatic rings. The number of aliphatic carboxylic acids is 1. The average Bonchev–Trinajstić information content (AvgIpc) is 2.65. The summed E-state index contributed by atoms with van der Waals surface area (Å²) in [6.07, 6.45) is 0.175. The first-order valence-corrected chi connectivity index (χ1v) is 8.31. The topological polar surface area (TPSA) is 66.8 Å². The lowest BCUT2D eigenvalue weighted by atomic mass is 10.1. The quantitative estimate of drug-likeness (QED) is 0.786. The van der Waals surface area contributed by atoms with Crippen LogP contribution in [0.2, 0.25) is 0 Å². The van der Waals surface area contributed by atoms with Gasteiger partial charge in [-0.05, 0) is 30.5 Å². The molecule has 0 fully saturated rings. The van der Waals surface area contributed by atoms with E-state index in [1.165, 1.54) is 25.0 Å². The van der Waals surface area contributed by atoms with E-state index in [-0.39, 0.29) is 31.0 Å². The first-order valence-electron chi connectivity index (χ1n) is 8.31. The van der Waals surface area contributed by atoms with Crippen LogP contribution < -0.4 is 4.74 Å². The number of aryl methyl sites for hydroxylation is 1. The number of carbonyl (C=O) groups excluding carboxylic acids is 1. The summed E-state index contributed by atoms with van der Waals surface area (Å²) >= 11 is 0. The lowest BCUT2D eigenvalue weighted by Gasteiger charge is -2.27. The summed E-state index contributed by atoms with van der Waals surface area (Å²) in [6, 6.07) is 12.9. The highest BCUT2D eigenvalue weighted by Gasteiger charge is 2.25. The Morgan fingerprint density at radius 1 is 1.15 bits per heavy atom. The van der Waals surface area contributed by atoms with E-state index in [1.54, 1.807) is 12.1 Å². The Balaban J connectivity index is 2.12. The van der Waals surface area contributed by atoms with Crippen molar-refractivity contribution in [1.82, 2.24) is 4.90 Å². The second-order valence-corrected chi connectivity index (χ2v) is 5.95. The maximum Gasteiger partial charge on any atom is 0.326 e. The molecule has 138 valence electrons. The molecule has 2 aromatic carbocycles. The average molecular weight is 359 g/mol. The second kappa shape index (κ2) is 8.99. The summed E-state index contributed by atoms with van der Waals surface area (Å²) < 4.78 is 19.2. The summed E-state index contributed by atoms with van der Waals surface area (Å²) in [5.41, 5.74) is 1.20. The van der Waals surface area contributed by atoms with E-state index in [4.69, 9.17) is 4.74 Å². The minimum absolute atomic E-state index is 0.00847. The van der Waals surface area contributed by atoms with E-state index in [2.05, 4.69) is 0 Å². The van der Waals surface area contributed by atoms with Gasteiger partial charge in [0, 0.05) is 13.0 Å². The first-order chi connectivity index (χ1) is 12.4. The number of hydrogen-bond donors (Lipinski definition) is 1. The standard InChI is InChI=1S/C20H22FNO4/c1-14(20(24)25)22(13-15-7-4-3-5-8-15)18(23)12-11-16-9-6-10-17(26-2)19(16)21/h3-10,14H,11-13H2,1-2H3,(H,24,25). The number of benzene rings is 2. The molecule has 0 heterocycles. The van der Waals surface area contributed by atoms with Crippen LogP contribution in [0, 0.1) is 5.82 Å². The van der Waals surface area contributed by atoms with Gasteiger partial charge < -0.3 is 14.7 Å². The van der Waals surface area contributed by atoms with Crippen molar-refractivity contribution in [3.05, 3.63) is 65.5 Å². The molecule has 1 unspecified atom stereocenters. The van der Waals surface area contributed by atoms with Crippen LogP contribution in [0.5, 0.6) is 5.75 Å². The second-order valence-electron chi connectivity index (χ2n) is 5.95. The zero-order valence-electron chi connectivity index (χ0n) is 14.8. The number of carbonyl (C=O) groups is 2. The predicted molar refractivity (Wildman–Crippen MR) is 95.4 cm³/mol. The fraction of sp³-hybridized carbons (Fsp3) is 0.300. The van der Waals surface area contributed by atoms with Gasteiger partial charge in [-0.3, -0.25) is 4.79 Å². The van der Waals surface area contributed by atoms with Gasteiger partial charge in [-0.1, -0.05) is 42.5 Å². The summed E-state index contributed by atoms with van der Waals surface area (Å²) in [5, 5.41) is 9.31. The first kappa shape index (κ1) is 19.4. The molecule has 0 aliphatic heterocycles. The van der Waals surface area contributed by atoms with Gasteiger partial charge in [0.05, 0.1) is 7.11 Å². The number of halogens is 1. The number of rotatable bonds is 8. The molecule has 0 saturated carbocycles. The number of amides is 1. The largest absolute Gasteiger partial charge is 0.494 e. The van der Waals surface area contributed by atoms with Crippen LogP contribution in [0.1, 0.15) is 24.5 Å². The van der Waals surface area contributed by atoms with Gasteiger partial charge in [0.25, 0.3) is 0 Å². The Labute approximate surface area is 152 Å². The zero-order chi connectivity index (χ0) is 19.1. The molecule has 0 aliphatic carbocycles. The Morgan fingerprint density at radius 2 is 1.85 bits per heavy atom. The lowest BCUT2D eigenvalue weighted by Crippen LogP contribution is -2.42. The van der Waals surface area contributed by atoms with Crippen molar-refractivity contribution < 1.29 is 23.8 Å². The van der Waals surface area contributed by atoms with Gasteiger partial charge in [-0.2, -0.15) is 0 Å². The molecule has 1 amide bonds. The van der Waals surface area contributed by atoms with Crippen molar-refractivity contribution in [2.45, 2.75) is 32.4 Å². The third kappa shape index (κ3) is 4.81. The maximum atomic E-state index is 14.2. The third-order valence-corrected chi connectivity index (χ3v) is 4.21. The Kier molecular flexibility index (Phi) is 6.72. The van der Waals surface area contributed by atoms with Crippen LogP contribution in [0.15, 0.2) is 48.5 Å². The molecule has 0 saturated heterocycles. The van der Waals surface area contributed by atoms with Crippen LogP contribution in [-0.4, -0.2) is 35.0 Å². The van der Waals surface area contributed by atoms with Crippen LogP contribution in [0.25, 0.3) is 0 Å². The van der Waals surface area contributed by atoms with Gasteiger partial charge in [-0.25, -0.2) is 9.18 Å². The number of nitrogens with zero attached hydrogens (tertiary/aromatic N) is 1. The van der Waals surface area contributed by atoms with Crippen LogP contribution in [-0.2, 0) is 22.6 Å². The highest BCUT2D eigenvalue weighted by Crippen LogP contribution is 2.21. The number of hydrogen-bond acceptors (Lipinski definition) is 3. The van der Waals surface area contributed by atoms with Crippen LogP contribution >= 0.6 is 0 Å². The van der Waals surface area contributed by atoms with Crippen molar-refractivity contribution in [3.63, 3.8) is 0 Å². The Bertz CT molecular complexity index is 764. The number of ether oxygens (including phenoxy) is 1. The van der Waals surface area contributed by atoms with E-state index in [1.807, 2.05) is 30.3 Å². The SMILES string of the molecule is COc1cccc(CCC(=O)N(Cc2ccccc2)C(C)C(=O)O)c1F. The molecule has 0 aromatic heterocycles. The minimum Gasteiger partial charge on any atom is -0.494 e. The smallest absolute Gasteiger partial charge is 0.326 e. The van der Waals surface area contributed by atoms with Gasteiger partial charge >= 0.3 is 5.97 Å². The third-order valence-electron chi connectivity index (χ3n) is 4.21. The number of carboxylic acids is 1. The maximum absolute atomic E-state index is 14.2. The van der Waals surface area contributed by atoms with E-state index >= 15 is 0 Å². The minimum atomic E-state index is -1.08. The molecule has 1 atom stereocenters. The van der Waals surface area contributed by atoms with Crippen molar-refractivity contribution in [3.8, 4) is 5.75 Å². The molecular weight excluding hydrogens is 337 g/mol. The highest BCUT2D eigenvalue weighted by atomic mass is 19.1. The van der Waals surface area contributed by atoms with Crippen molar-refractivity contribution in [1.29, 1.82) is 0 Å². The highest BCUT2D eigenvalue weighted by molar-refractivity contribution is 5.83. The molecule has 1 N–H and O–H groups in total. The summed E-state index contributed by atoms with van der Waals surface area (Å²) in [5.74, 6) is -1.80. The summed E-state index contributed by atoms with van der Waals surface area (Å²) in [6.45, 7) is 1.66. The van der Waals surface area contributed by atoms with Gasteiger partial charge in [0.1, 0.15) is 6.04 Å². The van der Waals surface area contributed by atoms with E-state index in [0.29, 0.717) is 5.56 Å². The van der Waals surface area contributed by atoms with Crippen molar-refractivity contribution in [2.24, 2.45) is 0 Å². The predicted octanol–water partition coefficient (Wildman–Crippen LogP) is 3.27. The van der Waals surface area contributed by atoms with Gasteiger partial charge in [0.2, 0.25) is 5.91 Å². The van der Waals surface area contributed by atoms with Gasteiger partial charge in [0.15, 0.2) is 11.6 Å². The molecule has 26 heavy (non-hydrogen) atoms. The summed E-state index contributed by atoms with van der Waals surface area (Å²) in [4.78, 5) is 25.3.